The van der Waals surface area contributed by atoms with E-state index in [1.54, 1.807) is 36.4 Å². The van der Waals surface area contributed by atoms with Crippen molar-refractivity contribution in [3.05, 3.63) is 56.5 Å². The van der Waals surface area contributed by atoms with Crippen molar-refractivity contribution < 1.29 is 9.53 Å². The standard InChI is InChI=1S/C14H9BrCl2O2/c1-8(18)9-2-5-14(11(15)6-9)19-10-3-4-12(16)13(17)7-10/h2-7H,1H3. The number of ketones is 1. The van der Waals surface area contributed by atoms with E-state index in [0.717, 1.165) is 0 Å². The second-order valence-corrected chi connectivity index (χ2v) is 5.55. The van der Waals surface area contributed by atoms with E-state index in [2.05, 4.69) is 15.9 Å². The van der Waals surface area contributed by atoms with Crippen molar-refractivity contribution in [1.82, 2.24) is 0 Å². The molecule has 0 amide bonds. The highest BCUT2D eigenvalue weighted by Gasteiger charge is 2.08. The summed E-state index contributed by atoms with van der Waals surface area (Å²) in [7, 11) is 0. The van der Waals surface area contributed by atoms with Crippen LogP contribution in [0.25, 0.3) is 0 Å². The number of halogens is 3. The highest BCUT2D eigenvalue weighted by Crippen LogP contribution is 2.33. The first-order valence-electron chi connectivity index (χ1n) is 5.41. The summed E-state index contributed by atoms with van der Waals surface area (Å²) < 4.78 is 6.38. The fourth-order valence-electron chi connectivity index (χ4n) is 1.47. The van der Waals surface area contributed by atoms with Crippen molar-refractivity contribution in [2.45, 2.75) is 6.92 Å². The predicted octanol–water partition coefficient (Wildman–Crippen LogP) is 5.75. The van der Waals surface area contributed by atoms with Gasteiger partial charge in [0, 0.05) is 11.6 Å². The lowest BCUT2D eigenvalue weighted by Gasteiger charge is -2.09. The van der Waals surface area contributed by atoms with Crippen LogP contribution in [-0.4, -0.2) is 5.78 Å². The molecule has 5 heteroatoms. The van der Waals surface area contributed by atoms with Crippen LogP contribution in [0.2, 0.25) is 10.0 Å². The van der Waals surface area contributed by atoms with E-state index in [4.69, 9.17) is 27.9 Å². The van der Waals surface area contributed by atoms with Crippen LogP contribution in [0.3, 0.4) is 0 Å². The lowest BCUT2D eigenvalue weighted by Crippen LogP contribution is -1.93. The molecule has 0 bridgehead atoms. The van der Waals surface area contributed by atoms with Gasteiger partial charge in [-0.2, -0.15) is 0 Å². The van der Waals surface area contributed by atoms with Gasteiger partial charge < -0.3 is 4.74 Å². The highest BCUT2D eigenvalue weighted by molar-refractivity contribution is 9.10. The Morgan fingerprint density at radius 2 is 1.84 bits per heavy atom. The Morgan fingerprint density at radius 1 is 1.11 bits per heavy atom. The molecule has 0 aliphatic heterocycles. The number of benzene rings is 2. The fourth-order valence-corrected chi connectivity index (χ4v) is 2.22. The van der Waals surface area contributed by atoms with Gasteiger partial charge >= 0.3 is 0 Å². The Balaban J connectivity index is 2.28. The summed E-state index contributed by atoms with van der Waals surface area (Å²) in [5.41, 5.74) is 0.619. The van der Waals surface area contributed by atoms with Crippen molar-refractivity contribution >= 4 is 44.9 Å². The van der Waals surface area contributed by atoms with Crippen LogP contribution in [0.5, 0.6) is 11.5 Å². The van der Waals surface area contributed by atoms with Gasteiger partial charge in [0.2, 0.25) is 0 Å². The van der Waals surface area contributed by atoms with Crippen LogP contribution in [0.1, 0.15) is 17.3 Å². The molecular weight excluding hydrogens is 351 g/mol. The molecule has 0 N–H and O–H groups in total. The van der Waals surface area contributed by atoms with Crippen molar-refractivity contribution in [1.29, 1.82) is 0 Å². The molecule has 19 heavy (non-hydrogen) atoms. The number of hydrogen-bond donors (Lipinski definition) is 0. The monoisotopic (exact) mass is 358 g/mol. The lowest BCUT2D eigenvalue weighted by molar-refractivity contribution is 0.101. The minimum atomic E-state index is 0.00165. The molecule has 0 spiro atoms. The van der Waals surface area contributed by atoms with Crippen LogP contribution in [0, 0.1) is 0 Å². The summed E-state index contributed by atoms with van der Waals surface area (Å²) in [5, 5.41) is 0.899. The van der Waals surface area contributed by atoms with Gasteiger partial charge in [0.05, 0.1) is 14.5 Å². The van der Waals surface area contributed by atoms with Gasteiger partial charge in [-0.05, 0) is 53.2 Å². The topological polar surface area (TPSA) is 26.3 Å². The average molecular weight is 360 g/mol. The van der Waals surface area contributed by atoms with E-state index >= 15 is 0 Å². The van der Waals surface area contributed by atoms with Gasteiger partial charge in [-0.25, -0.2) is 0 Å². The smallest absolute Gasteiger partial charge is 0.159 e. The molecule has 2 aromatic carbocycles. The minimum absolute atomic E-state index is 0.00165. The summed E-state index contributed by atoms with van der Waals surface area (Å²) in [6.45, 7) is 1.52. The highest BCUT2D eigenvalue weighted by atomic mass is 79.9. The molecule has 2 aromatic rings. The molecule has 0 unspecified atom stereocenters. The van der Waals surface area contributed by atoms with Gasteiger partial charge in [-0.1, -0.05) is 23.2 Å². The molecule has 0 atom stereocenters. The van der Waals surface area contributed by atoms with Gasteiger partial charge in [0.15, 0.2) is 5.78 Å². The molecule has 2 rings (SSSR count). The van der Waals surface area contributed by atoms with E-state index in [0.29, 0.717) is 31.6 Å². The number of ether oxygens (including phenoxy) is 1. The maximum atomic E-state index is 11.3. The van der Waals surface area contributed by atoms with Gasteiger partial charge in [0.1, 0.15) is 11.5 Å². The number of rotatable bonds is 3. The fraction of sp³-hybridized carbons (Fsp3) is 0.0714. The van der Waals surface area contributed by atoms with Crippen LogP contribution < -0.4 is 4.74 Å². The largest absolute Gasteiger partial charge is 0.456 e. The number of carbonyl (C=O) groups excluding carboxylic acids is 1. The van der Waals surface area contributed by atoms with Crippen LogP contribution >= 0.6 is 39.1 Å². The average Bonchev–Trinajstić information content (AvgIpc) is 2.36. The summed E-state index contributed by atoms with van der Waals surface area (Å²) >= 11 is 15.1. The molecule has 0 aliphatic rings. The number of hydrogen-bond acceptors (Lipinski definition) is 2. The molecule has 0 aliphatic carbocycles. The van der Waals surface area contributed by atoms with Gasteiger partial charge in [-0.15, -0.1) is 0 Å². The zero-order valence-corrected chi connectivity index (χ0v) is 13.0. The minimum Gasteiger partial charge on any atom is -0.456 e. The maximum absolute atomic E-state index is 11.3. The van der Waals surface area contributed by atoms with E-state index in [9.17, 15) is 4.79 Å². The second kappa shape index (κ2) is 5.95. The van der Waals surface area contributed by atoms with Crippen molar-refractivity contribution in [3.8, 4) is 11.5 Å². The van der Waals surface area contributed by atoms with Gasteiger partial charge in [0.25, 0.3) is 0 Å². The third-order valence-corrected chi connectivity index (χ3v) is 3.82. The first kappa shape index (κ1) is 14.4. The van der Waals surface area contributed by atoms with Crippen LogP contribution in [0.15, 0.2) is 40.9 Å². The van der Waals surface area contributed by atoms with E-state index in [1.807, 2.05) is 0 Å². The Labute approximate surface area is 129 Å². The molecule has 0 radical (unpaired) electrons. The van der Waals surface area contributed by atoms with E-state index in [-0.39, 0.29) is 5.78 Å². The van der Waals surface area contributed by atoms with E-state index in [1.165, 1.54) is 6.92 Å². The summed E-state index contributed by atoms with van der Waals surface area (Å²) in [5.74, 6) is 1.18. The number of carbonyl (C=O) groups is 1. The summed E-state index contributed by atoms with van der Waals surface area (Å²) in [6, 6.07) is 10.2. The number of Topliss-reactive ketones (excluding diaryl/α,β-unsaturated/α-hetero) is 1. The zero-order chi connectivity index (χ0) is 14.0. The van der Waals surface area contributed by atoms with Crippen molar-refractivity contribution in [3.63, 3.8) is 0 Å². The molecule has 0 saturated heterocycles. The maximum Gasteiger partial charge on any atom is 0.159 e. The van der Waals surface area contributed by atoms with E-state index < -0.39 is 0 Å². The normalized spacial score (nSPS) is 10.3. The Bertz CT molecular complexity index is 641. The van der Waals surface area contributed by atoms with Crippen LogP contribution in [0.4, 0.5) is 0 Å². The predicted molar refractivity (Wildman–Crippen MR) is 80.7 cm³/mol. The van der Waals surface area contributed by atoms with Crippen LogP contribution in [-0.2, 0) is 0 Å². The third kappa shape index (κ3) is 3.50. The molecular formula is C14H9BrCl2O2. The molecule has 0 saturated carbocycles. The van der Waals surface area contributed by atoms with Crippen molar-refractivity contribution in [2.24, 2.45) is 0 Å². The molecule has 0 heterocycles. The SMILES string of the molecule is CC(=O)c1ccc(Oc2ccc(Cl)c(Cl)c2)c(Br)c1. The first-order valence-corrected chi connectivity index (χ1v) is 6.95. The Kier molecular flexibility index (Phi) is 4.50. The first-order chi connectivity index (χ1) is 8.97. The molecule has 0 aromatic heterocycles. The summed E-state index contributed by atoms with van der Waals surface area (Å²) in [6.07, 6.45) is 0. The molecule has 98 valence electrons. The second-order valence-electron chi connectivity index (χ2n) is 3.88. The van der Waals surface area contributed by atoms with Crippen molar-refractivity contribution in [2.75, 3.05) is 0 Å². The summed E-state index contributed by atoms with van der Waals surface area (Å²) in [4.78, 5) is 11.3. The Hall–Kier alpha value is -1.03. The Morgan fingerprint density at radius 3 is 2.42 bits per heavy atom. The molecule has 0 fully saturated rings. The lowest BCUT2D eigenvalue weighted by atomic mass is 10.1. The third-order valence-electron chi connectivity index (χ3n) is 2.46. The van der Waals surface area contributed by atoms with Gasteiger partial charge in [-0.3, -0.25) is 4.79 Å². The molecule has 2 nitrogen and oxygen atoms in total. The quantitative estimate of drug-likeness (QED) is 0.652. The zero-order valence-electron chi connectivity index (χ0n) is 9.91.